The molecule has 0 bridgehead atoms. The van der Waals surface area contributed by atoms with Crippen LogP contribution in [0.4, 0.5) is 11.4 Å². The minimum absolute atomic E-state index is 0.0267. The maximum Gasteiger partial charge on any atom is 0.274 e. The van der Waals surface area contributed by atoms with Gasteiger partial charge in [-0.05, 0) is 31.2 Å². The summed E-state index contributed by atoms with van der Waals surface area (Å²) >= 11 is 11.8. The van der Waals surface area contributed by atoms with Crippen LogP contribution in [0.2, 0.25) is 10.0 Å². The molecular weight excluding hydrogens is 417 g/mol. The lowest BCUT2D eigenvalue weighted by Gasteiger charge is -2.18. The number of likely N-dealkylation sites (N-methyl/N-ethyl adjacent to an activating group) is 1. The number of carbonyl (C=O) groups excluding carboxylic acids is 1. The van der Waals surface area contributed by atoms with Crippen molar-refractivity contribution in [3.63, 3.8) is 0 Å². The van der Waals surface area contributed by atoms with Crippen LogP contribution in [-0.2, 0) is 14.8 Å². The molecule has 27 heavy (non-hydrogen) atoms. The zero-order valence-electron chi connectivity index (χ0n) is 14.3. The molecule has 0 aliphatic rings. The molecule has 0 heterocycles. The summed E-state index contributed by atoms with van der Waals surface area (Å²) in [5, 5.41) is 13.6. The van der Waals surface area contributed by atoms with Gasteiger partial charge < -0.3 is 5.32 Å². The van der Waals surface area contributed by atoms with Gasteiger partial charge in [0, 0.05) is 18.1 Å². The minimum Gasteiger partial charge on any atom is -0.324 e. The maximum absolute atomic E-state index is 12.6. The van der Waals surface area contributed by atoms with Crippen LogP contribution < -0.4 is 5.32 Å². The van der Waals surface area contributed by atoms with Gasteiger partial charge in [0.05, 0.1) is 27.7 Å². The summed E-state index contributed by atoms with van der Waals surface area (Å²) in [6.07, 6.45) is 0. The molecule has 0 spiro atoms. The second kappa shape index (κ2) is 8.22. The van der Waals surface area contributed by atoms with Crippen molar-refractivity contribution in [1.82, 2.24) is 4.31 Å². The van der Waals surface area contributed by atoms with Gasteiger partial charge in [0.1, 0.15) is 4.90 Å². The van der Waals surface area contributed by atoms with Crippen LogP contribution in [0.5, 0.6) is 0 Å². The number of nitrogens with zero attached hydrogens (tertiary/aromatic N) is 2. The summed E-state index contributed by atoms with van der Waals surface area (Å²) in [6, 6.07) is 8.20. The third-order valence-electron chi connectivity index (χ3n) is 3.72. The largest absolute Gasteiger partial charge is 0.324 e. The molecule has 2 aromatic rings. The topological polar surface area (TPSA) is 110 Å². The summed E-state index contributed by atoms with van der Waals surface area (Å²) in [5.74, 6) is -0.664. The molecule has 8 nitrogen and oxygen atoms in total. The fourth-order valence-electron chi connectivity index (χ4n) is 2.28. The van der Waals surface area contributed by atoms with E-state index in [0.29, 0.717) is 0 Å². The smallest absolute Gasteiger partial charge is 0.274 e. The predicted molar refractivity (Wildman–Crippen MR) is 103 cm³/mol. The molecule has 0 fully saturated rings. The van der Waals surface area contributed by atoms with Crippen LogP contribution >= 0.6 is 23.2 Å². The summed E-state index contributed by atoms with van der Waals surface area (Å²) < 4.78 is 26.0. The zero-order valence-corrected chi connectivity index (χ0v) is 16.6. The molecule has 0 aliphatic carbocycles. The summed E-state index contributed by atoms with van der Waals surface area (Å²) in [5.41, 5.74) is 0.333. The average Bonchev–Trinajstić information content (AvgIpc) is 2.58. The number of nitro benzene ring substituents is 1. The highest BCUT2D eigenvalue weighted by molar-refractivity contribution is 7.89. The second-order valence-electron chi connectivity index (χ2n) is 5.59. The van der Waals surface area contributed by atoms with Crippen LogP contribution in [0.25, 0.3) is 0 Å². The lowest BCUT2D eigenvalue weighted by atomic mass is 10.1. The van der Waals surface area contributed by atoms with Gasteiger partial charge >= 0.3 is 0 Å². The molecule has 0 atom stereocenters. The number of nitro groups is 1. The first-order chi connectivity index (χ1) is 12.5. The van der Waals surface area contributed by atoms with Gasteiger partial charge in [0.25, 0.3) is 5.69 Å². The van der Waals surface area contributed by atoms with E-state index in [4.69, 9.17) is 23.2 Å². The Labute approximate surface area is 165 Å². The molecule has 2 aromatic carbocycles. The number of amides is 1. The van der Waals surface area contributed by atoms with Gasteiger partial charge in [0.2, 0.25) is 15.9 Å². The van der Waals surface area contributed by atoms with E-state index in [-0.39, 0.29) is 31.9 Å². The van der Waals surface area contributed by atoms with Gasteiger partial charge in [-0.3, -0.25) is 14.9 Å². The summed E-state index contributed by atoms with van der Waals surface area (Å²) in [4.78, 5) is 22.4. The van der Waals surface area contributed by atoms with E-state index in [1.54, 1.807) is 0 Å². The lowest BCUT2D eigenvalue weighted by Crippen LogP contribution is -2.35. The van der Waals surface area contributed by atoms with E-state index in [9.17, 15) is 23.3 Å². The molecule has 0 aromatic heterocycles. The van der Waals surface area contributed by atoms with Crippen molar-refractivity contribution in [2.75, 3.05) is 18.9 Å². The normalized spacial score (nSPS) is 11.4. The fraction of sp³-hybridized carbons (Fsp3) is 0.188. The number of benzene rings is 2. The van der Waals surface area contributed by atoms with Crippen molar-refractivity contribution in [3.8, 4) is 0 Å². The molecule has 0 saturated carbocycles. The maximum atomic E-state index is 12.6. The van der Waals surface area contributed by atoms with Crippen molar-refractivity contribution in [3.05, 3.63) is 62.1 Å². The predicted octanol–water partition coefficient (Wildman–Crippen LogP) is 3.47. The second-order valence-corrected chi connectivity index (χ2v) is 8.45. The molecule has 1 N–H and O–H groups in total. The van der Waals surface area contributed by atoms with E-state index < -0.39 is 27.4 Å². The number of anilines is 1. The van der Waals surface area contributed by atoms with Crippen LogP contribution in [0, 0.1) is 17.0 Å². The Bertz CT molecular complexity index is 1010. The summed E-state index contributed by atoms with van der Waals surface area (Å²) in [7, 11) is -2.85. The average molecular weight is 432 g/mol. The molecule has 0 aliphatic heterocycles. The van der Waals surface area contributed by atoms with Crippen LogP contribution in [0.1, 0.15) is 5.56 Å². The third kappa shape index (κ3) is 4.75. The number of halogens is 2. The van der Waals surface area contributed by atoms with Gasteiger partial charge in [-0.1, -0.05) is 29.3 Å². The third-order valence-corrected chi connectivity index (χ3v) is 6.24. The standard InChI is InChI=1S/C16H15Cl2N3O5S/c1-10-13(4-3-5-14(10)21(23)24)19-16(22)9-20(2)27(25,26)15-8-11(17)6-7-12(15)18/h3-8H,9H2,1-2H3,(H,19,22). The number of hydrogen-bond donors (Lipinski definition) is 1. The monoisotopic (exact) mass is 431 g/mol. The van der Waals surface area contributed by atoms with Crippen molar-refractivity contribution < 1.29 is 18.1 Å². The molecule has 2 rings (SSSR count). The Kier molecular flexibility index (Phi) is 6.42. The summed E-state index contributed by atoms with van der Waals surface area (Å²) in [6.45, 7) is 0.966. The first-order valence-corrected chi connectivity index (χ1v) is 9.69. The number of carbonyl (C=O) groups is 1. The number of hydrogen-bond acceptors (Lipinski definition) is 5. The molecule has 0 saturated heterocycles. The van der Waals surface area contributed by atoms with Crippen molar-refractivity contribution in [2.45, 2.75) is 11.8 Å². The Balaban J connectivity index is 2.20. The zero-order chi connectivity index (χ0) is 20.4. The Morgan fingerprint density at radius 3 is 2.56 bits per heavy atom. The van der Waals surface area contributed by atoms with E-state index in [2.05, 4.69) is 5.32 Å². The molecular formula is C16H15Cl2N3O5S. The van der Waals surface area contributed by atoms with Crippen LogP contribution in [0.3, 0.4) is 0 Å². The molecule has 0 radical (unpaired) electrons. The van der Waals surface area contributed by atoms with Crippen molar-refractivity contribution in [1.29, 1.82) is 0 Å². The molecule has 11 heteroatoms. The highest BCUT2D eigenvalue weighted by Crippen LogP contribution is 2.28. The van der Waals surface area contributed by atoms with E-state index >= 15 is 0 Å². The van der Waals surface area contributed by atoms with Gasteiger partial charge in [-0.2, -0.15) is 4.31 Å². The van der Waals surface area contributed by atoms with Crippen LogP contribution in [-0.4, -0.2) is 37.1 Å². The Morgan fingerprint density at radius 2 is 1.93 bits per heavy atom. The number of sulfonamides is 1. The minimum atomic E-state index is -4.06. The van der Waals surface area contributed by atoms with Crippen molar-refractivity contribution in [2.24, 2.45) is 0 Å². The number of nitrogens with one attached hydrogen (secondary N) is 1. The first kappa shape index (κ1) is 21.1. The molecule has 0 unspecified atom stereocenters. The van der Waals surface area contributed by atoms with E-state index in [0.717, 1.165) is 4.31 Å². The molecule has 1 amide bonds. The number of rotatable bonds is 6. The fourth-order valence-corrected chi connectivity index (χ4v) is 4.14. The quantitative estimate of drug-likeness (QED) is 0.555. The van der Waals surface area contributed by atoms with E-state index in [1.165, 1.54) is 50.4 Å². The first-order valence-electron chi connectivity index (χ1n) is 7.49. The Hall–Kier alpha value is -2.20. The highest BCUT2D eigenvalue weighted by Gasteiger charge is 2.26. The molecule has 144 valence electrons. The van der Waals surface area contributed by atoms with E-state index in [1.807, 2.05) is 0 Å². The van der Waals surface area contributed by atoms with Gasteiger partial charge in [-0.15, -0.1) is 0 Å². The van der Waals surface area contributed by atoms with Crippen LogP contribution in [0.15, 0.2) is 41.3 Å². The SMILES string of the molecule is Cc1c(NC(=O)CN(C)S(=O)(=O)c2cc(Cl)ccc2Cl)cccc1[N+](=O)[O-]. The lowest BCUT2D eigenvalue weighted by molar-refractivity contribution is -0.385. The van der Waals surface area contributed by atoms with Crippen molar-refractivity contribution >= 4 is 50.5 Å². The van der Waals surface area contributed by atoms with Gasteiger partial charge in [-0.25, -0.2) is 8.42 Å². The Morgan fingerprint density at radius 1 is 1.26 bits per heavy atom. The van der Waals surface area contributed by atoms with Gasteiger partial charge in [0.15, 0.2) is 0 Å². The highest BCUT2D eigenvalue weighted by atomic mass is 35.5.